The highest BCUT2D eigenvalue weighted by Gasteiger charge is 2.51. The van der Waals surface area contributed by atoms with Crippen molar-refractivity contribution in [1.29, 1.82) is 0 Å². The molecule has 0 amide bonds. The Bertz CT molecular complexity index is 635. The third kappa shape index (κ3) is 5.52. The highest BCUT2D eigenvalue weighted by atomic mass is 16.7. The number of ether oxygens (including phenoxy) is 5. The lowest BCUT2D eigenvalue weighted by atomic mass is 9.97. The van der Waals surface area contributed by atoms with Crippen LogP contribution >= 0.6 is 0 Å². The molecule has 34 heavy (non-hydrogen) atoms. The topological polar surface area (TPSA) is 269 Å². The van der Waals surface area contributed by atoms with E-state index in [0.29, 0.717) is 0 Å². The maximum Gasteiger partial charge on any atom is 0.187 e. The first-order valence-electron chi connectivity index (χ1n) is 10.6. The maximum absolute atomic E-state index is 10.4. The van der Waals surface area contributed by atoms with Crippen LogP contribution in [-0.4, -0.2) is 168 Å². The summed E-state index contributed by atoms with van der Waals surface area (Å²) < 4.78 is 26.0. The van der Waals surface area contributed by atoms with Crippen molar-refractivity contribution in [3.05, 3.63) is 0 Å². The van der Waals surface area contributed by atoms with Crippen molar-refractivity contribution >= 4 is 0 Å². The predicted molar refractivity (Wildman–Crippen MR) is 101 cm³/mol. The van der Waals surface area contributed by atoms with E-state index in [-0.39, 0.29) is 0 Å². The van der Waals surface area contributed by atoms with Crippen LogP contribution in [0.1, 0.15) is 0 Å². The van der Waals surface area contributed by atoms with E-state index in [1.54, 1.807) is 0 Å². The smallest absolute Gasteiger partial charge is 0.187 e. The second-order valence-electron chi connectivity index (χ2n) is 8.37. The van der Waals surface area contributed by atoms with Gasteiger partial charge in [-0.25, -0.2) is 0 Å². The van der Waals surface area contributed by atoms with Crippen LogP contribution in [0.25, 0.3) is 0 Å². The molecule has 3 saturated heterocycles. The fourth-order valence-corrected chi connectivity index (χ4v) is 3.94. The normalized spacial score (nSPS) is 52.5. The van der Waals surface area contributed by atoms with Crippen molar-refractivity contribution in [3.8, 4) is 0 Å². The van der Waals surface area contributed by atoms with Crippen LogP contribution in [-0.2, 0) is 23.7 Å². The molecule has 16 nitrogen and oxygen atoms in total. The molecule has 3 heterocycles. The summed E-state index contributed by atoms with van der Waals surface area (Å²) in [5.41, 5.74) is 0. The van der Waals surface area contributed by atoms with Crippen molar-refractivity contribution < 1.29 is 79.9 Å². The Kier molecular flexibility index (Phi) is 9.54. The number of aliphatic hydroxyl groups excluding tert-OH is 11. The molecule has 15 atom stereocenters. The van der Waals surface area contributed by atoms with Crippen molar-refractivity contribution in [2.24, 2.45) is 0 Å². The zero-order chi connectivity index (χ0) is 25.3. The van der Waals surface area contributed by atoms with Gasteiger partial charge in [0.25, 0.3) is 0 Å². The molecule has 0 aliphatic carbocycles. The van der Waals surface area contributed by atoms with Gasteiger partial charge in [0.05, 0.1) is 19.8 Å². The van der Waals surface area contributed by atoms with Gasteiger partial charge in [-0.3, -0.25) is 0 Å². The monoisotopic (exact) mass is 504 g/mol. The van der Waals surface area contributed by atoms with Crippen molar-refractivity contribution in [2.75, 3.05) is 19.8 Å². The lowest BCUT2D eigenvalue weighted by molar-refractivity contribution is -0.366. The molecule has 0 bridgehead atoms. The summed E-state index contributed by atoms with van der Waals surface area (Å²) in [5, 5.41) is 109. The van der Waals surface area contributed by atoms with Gasteiger partial charge in [-0.15, -0.1) is 0 Å². The summed E-state index contributed by atoms with van der Waals surface area (Å²) in [7, 11) is 0. The summed E-state index contributed by atoms with van der Waals surface area (Å²) in [6.07, 6.45) is -24.8. The highest BCUT2D eigenvalue weighted by molar-refractivity contribution is 4.94. The lowest BCUT2D eigenvalue weighted by Gasteiger charge is -2.45. The van der Waals surface area contributed by atoms with E-state index in [4.69, 9.17) is 23.7 Å². The summed E-state index contributed by atoms with van der Waals surface area (Å²) in [4.78, 5) is 0. The standard InChI is InChI=1S/C18H32O16/c19-1-4-7(21)10(24)13(27)17(32-4)30-3-6-9(23)12(26)15(16(29)31-6)34-18-14(28)11(25)8(22)5(2-20)33-18/h4-29H,1-3H2/t4?,5-,6?,7+,8+,9+,10?,11?,12?,13?,14?,15?,16-,17-,18+/m0/s1. The summed E-state index contributed by atoms with van der Waals surface area (Å²) in [5.74, 6) is 0. The minimum atomic E-state index is -1.92. The second kappa shape index (κ2) is 11.6. The largest absolute Gasteiger partial charge is 0.394 e. The van der Waals surface area contributed by atoms with E-state index in [1.165, 1.54) is 0 Å². The van der Waals surface area contributed by atoms with Crippen LogP contribution in [0.3, 0.4) is 0 Å². The number of hydrogen-bond acceptors (Lipinski definition) is 16. The Labute approximate surface area is 192 Å². The summed E-state index contributed by atoms with van der Waals surface area (Å²) in [6.45, 7) is -2.02. The van der Waals surface area contributed by atoms with Crippen LogP contribution in [0.5, 0.6) is 0 Å². The third-order valence-electron chi connectivity index (χ3n) is 6.08. The molecule has 0 aromatic carbocycles. The van der Waals surface area contributed by atoms with Crippen LogP contribution < -0.4 is 0 Å². The maximum atomic E-state index is 10.4. The van der Waals surface area contributed by atoms with Gasteiger partial charge in [0.2, 0.25) is 0 Å². The molecule has 0 saturated carbocycles. The quantitative estimate of drug-likeness (QED) is 0.154. The lowest BCUT2D eigenvalue weighted by Crippen LogP contribution is -2.64. The molecule has 8 unspecified atom stereocenters. The van der Waals surface area contributed by atoms with Gasteiger partial charge in [-0.05, 0) is 0 Å². The van der Waals surface area contributed by atoms with E-state index >= 15 is 0 Å². The summed E-state index contributed by atoms with van der Waals surface area (Å²) >= 11 is 0. The van der Waals surface area contributed by atoms with Gasteiger partial charge < -0.3 is 79.9 Å². The SMILES string of the molecule is OCC1O[C@H](OCC2O[C@H](O)C(O[C@H]3O[C@@H](CO)[C@@H](O)C(O)C3O)C(O)[C@@H]2O)C(O)C(O)[C@@H]1O. The molecule has 3 aliphatic rings. The first-order chi connectivity index (χ1) is 16.0. The fourth-order valence-electron chi connectivity index (χ4n) is 3.94. The van der Waals surface area contributed by atoms with Gasteiger partial charge in [0.1, 0.15) is 73.2 Å². The molecule has 11 N–H and O–H groups in total. The third-order valence-corrected chi connectivity index (χ3v) is 6.08. The molecule has 0 aromatic rings. The number of aliphatic hydroxyl groups is 11. The van der Waals surface area contributed by atoms with E-state index in [9.17, 15) is 56.2 Å². The van der Waals surface area contributed by atoms with Crippen LogP contribution in [0.15, 0.2) is 0 Å². The fraction of sp³-hybridized carbons (Fsp3) is 1.00. The molecule has 0 radical (unpaired) electrons. The average Bonchev–Trinajstić information content (AvgIpc) is 2.82. The minimum absolute atomic E-state index is 0.593. The average molecular weight is 504 g/mol. The Hall–Kier alpha value is -0.640. The molecule has 3 fully saturated rings. The van der Waals surface area contributed by atoms with Gasteiger partial charge in [-0.2, -0.15) is 0 Å². The van der Waals surface area contributed by atoms with E-state index in [1.807, 2.05) is 0 Å². The Balaban J connectivity index is 1.59. The first kappa shape index (κ1) is 27.9. The number of hydrogen-bond donors (Lipinski definition) is 11. The van der Waals surface area contributed by atoms with Crippen molar-refractivity contribution in [3.63, 3.8) is 0 Å². The van der Waals surface area contributed by atoms with Crippen molar-refractivity contribution in [2.45, 2.75) is 92.1 Å². The second-order valence-corrected chi connectivity index (χ2v) is 8.37. The van der Waals surface area contributed by atoms with Crippen LogP contribution in [0, 0.1) is 0 Å². The predicted octanol–water partition coefficient (Wildman–Crippen LogP) is -7.57. The van der Waals surface area contributed by atoms with Crippen molar-refractivity contribution in [1.82, 2.24) is 0 Å². The van der Waals surface area contributed by atoms with Crippen LogP contribution in [0.2, 0.25) is 0 Å². The first-order valence-corrected chi connectivity index (χ1v) is 10.6. The van der Waals surface area contributed by atoms with E-state index < -0.39 is 112 Å². The summed E-state index contributed by atoms with van der Waals surface area (Å²) in [6, 6.07) is 0. The molecule has 3 aliphatic heterocycles. The Morgan fingerprint density at radius 3 is 1.50 bits per heavy atom. The van der Waals surface area contributed by atoms with Gasteiger partial charge in [-0.1, -0.05) is 0 Å². The molecule has 16 heteroatoms. The zero-order valence-electron chi connectivity index (χ0n) is 17.7. The number of rotatable bonds is 7. The highest BCUT2D eigenvalue weighted by Crippen LogP contribution is 2.29. The molecule has 0 aromatic heterocycles. The van der Waals surface area contributed by atoms with Gasteiger partial charge >= 0.3 is 0 Å². The van der Waals surface area contributed by atoms with E-state index in [0.717, 1.165) is 0 Å². The van der Waals surface area contributed by atoms with Gasteiger partial charge in [0.15, 0.2) is 18.9 Å². The molecular weight excluding hydrogens is 472 g/mol. The van der Waals surface area contributed by atoms with Gasteiger partial charge in [0, 0.05) is 0 Å². The molecular formula is C18H32O16. The minimum Gasteiger partial charge on any atom is -0.394 e. The molecule has 200 valence electrons. The van der Waals surface area contributed by atoms with Crippen LogP contribution in [0.4, 0.5) is 0 Å². The Morgan fingerprint density at radius 1 is 0.500 bits per heavy atom. The molecule has 0 spiro atoms. The van der Waals surface area contributed by atoms with E-state index in [2.05, 4.69) is 0 Å². The Morgan fingerprint density at radius 2 is 0.971 bits per heavy atom. The molecule has 3 rings (SSSR count). The zero-order valence-corrected chi connectivity index (χ0v) is 17.7.